The maximum absolute atomic E-state index is 13.5. The highest BCUT2D eigenvalue weighted by Gasteiger charge is 2.16. The van der Waals surface area contributed by atoms with E-state index in [4.69, 9.17) is 9.84 Å². The smallest absolute Gasteiger partial charge is 0.339 e. The van der Waals surface area contributed by atoms with Gasteiger partial charge >= 0.3 is 11.7 Å². The van der Waals surface area contributed by atoms with E-state index in [0.29, 0.717) is 0 Å². The molecular formula is C14H10FNO5. The second-order valence-electron chi connectivity index (χ2n) is 4.28. The number of carbonyl (C=O) groups is 1. The minimum atomic E-state index is -1.19. The summed E-state index contributed by atoms with van der Waals surface area (Å²) in [6.07, 6.45) is 0. The van der Waals surface area contributed by atoms with Gasteiger partial charge in [-0.05, 0) is 30.7 Å². The summed E-state index contributed by atoms with van der Waals surface area (Å²) in [6.45, 7) is 1.74. The van der Waals surface area contributed by atoms with Crippen LogP contribution in [0.25, 0.3) is 0 Å². The molecule has 0 aliphatic carbocycles. The Hall–Kier alpha value is -2.96. The number of rotatable bonds is 4. The number of carboxylic acid groups (broad SMARTS) is 1. The fourth-order valence-corrected chi connectivity index (χ4v) is 1.72. The molecule has 0 radical (unpaired) electrons. The van der Waals surface area contributed by atoms with Crippen molar-refractivity contribution in [1.82, 2.24) is 0 Å². The second kappa shape index (κ2) is 5.58. The maximum Gasteiger partial charge on any atom is 0.339 e. The molecule has 0 amide bonds. The van der Waals surface area contributed by atoms with E-state index in [-0.39, 0.29) is 17.1 Å². The second-order valence-corrected chi connectivity index (χ2v) is 4.28. The lowest BCUT2D eigenvalue weighted by molar-refractivity contribution is -0.387. The van der Waals surface area contributed by atoms with Gasteiger partial charge in [0.15, 0.2) is 0 Å². The third-order valence-electron chi connectivity index (χ3n) is 2.71. The quantitative estimate of drug-likeness (QED) is 0.687. The number of ether oxygens (including phenoxy) is 1. The van der Waals surface area contributed by atoms with Gasteiger partial charge in [-0.3, -0.25) is 10.1 Å². The number of benzene rings is 2. The zero-order valence-corrected chi connectivity index (χ0v) is 10.9. The van der Waals surface area contributed by atoms with Crippen LogP contribution in [0, 0.1) is 22.9 Å². The predicted octanol–water partition coefficient (Wildman–Crippen LogP) is 3.53. The summed E-state index contributed by atoms with van der Waals surface area (Å²) in [5.74, 6) is -2.23. The van der Waals surface area contributed by atoms with Crippen LogP contribution in [0.1, 0.15) is 15.9 Å². The van der Waals surface area contributed by atoms with Crippen LogP contribution in [0.3, 0.4) is 0 Å². The molecule has 6 nitrogen and oxygen atoms in total. The number of halogens is 1. The molecule has 0 saturated heterocycles. The summed E-state index contributed by atoms with van der Waals surface area (Å²) in [7, 11) is 0. The lowest BCUT2D eigenvalue weighted by atomic mass is 10.1. The van der Waals surface area contributed by atoms with Gasteiger partial charge in [0.2, 0.25) is 5.82 Å². The highest BCUT2D eigenvalue weighted by Crippen LogP contribution is 2.29. The zero-order valence-electron chi connectivity index (χ0n) is 10.9. The minimum Gasteiger partial charge on any atom is -0.478 e. The van der Waals surface area contributed by atoms with Gasteiger partial charge < -0.3 is 9.84 Å². The van der Waals surface area contributed by atoms with Gasteiger partial charge in [0.25, 0.3) is 0 Å². The van der Waals surface area contributed by atoms with Crippen molar-refractivity contribution in [3.63, 3.8) is 0 Å². The molecule has 2 aromatic rings. The van der Waals surface area contributed by atoms with Crippen LogP contribution in [-0.4, -0.2) is 16.0 Å². The molecule has 2 aromatic carbocycles. The summed E-state index contributed by atoms with van der Waals surface area (Å²) < 4.78 is 18.8. The summed E-state index contributed by atoms with van der Waals surface area (Å²) in [4.78, 5) is 20.8. The van der Waals surface area contributed by atoms with Gasteiger partial charge in [-0.25, -0.2) is 4.79 Å². The number of hydrogen-bond donors (Lipinski definition) is 1. The van der Waals surface area contributed by atoms with Crippen LogP contribution >= 0.6 is 0 Å². The van der Waals surface area contributed by atoms with E-state index in [2.05, 4.69) is 0 Å². The van der Waals surface area contributed by atoms with Crippen LogP contribution < -0.4 is 4.74 Å². The Balaban J connectivity index is 2.38. The Morgan fingerprint density at radius 2 is 2.00 bits per heavy atom. The summed E-state index contributed by atoms with van der Waals surface area (Å²) in [5, 5.41) is 19.6. The van der Waals surface area contributed by atoms with Crippen molar-refractivity contribution >= 4 is 11.7 Å². The molecule has 0 unspecified atom stereocenters. The number of aryl methyl sites for hydroxylation is 1. The first-order valence-electron chi connectivity index (χ1n) is 5.84. The Bertz CT molecular complexity index is 729. The SMILES string of the molecule is Cc1ccc(C(=O)O)c(Oc2ccc([N+](=O)[O-])c(F)c2)c1. The first kappa shape index (κ1) is 14.4. The molecule has 0 aliphatic heterocycles. The van der Waals surface area contributed by atoms with Crippen LogP contribution in [0.4, 0.5) is 10.1 Å². The van der Waals surface area contributed by atoms with Crippen LogP contribution in [0.2, 0.25) is 0 Å². The van der Waals surface area contributed by atoms with Gasteiger partial charge in [-0.2, -0.15) is 4.39 Å². The number of carboxylic acids is 1. The highest BCUT2D eigenvalue weighted by molar-refractivity contribution is 5.91. The van der Waals surface area contributed by atoms with Gasteiger partial charge in [-0.1, -0.05) is 6.07 Å². The summed E-state index contributed by atoms with van der Waals surface area (Å²) in [5.41, 5.74) is 0.00166. The molecule has 0 atom stereocenters. The first-order valence-corrected chi connectivity index (χ1v) is 5.84. The Morgan fingerprint density at radius 3 is 2.57 bits per heavy atom. The third kappa shape index (κ3) is 3.14. The average Bonchev–Trinajstić information content (AvgIpc) is 2.37. The molecule has 0 spiro atoms. The van der Waals surface area contributed by atoms with Crippen molar-refractivity contribution in [1.29, 1.82) is 0 Å². The molecule has 0 saturated carbocycles. The number of nitrogens with zero attached hydrogens (tertiary/aromatic N) is 1. The lowest BCUT2D eigenvalue weighted by Crippen LogP contribution is -2.01. The Kier molecular flexibility index (Phi) is 3.84. The van der Waals surface area contributed by atoms with Crippen molar-refractivity contribution in [2.75, 3.05) is 0 Å². The fourth-order valence-electron chi connectivity index (χ4n) is 1.72. The van der Waals surface area contributed by atoms with Gasteiger partial charge in [0, 0.05) is 12.1 Å². The lowest BCUT2D eigenvalue weighted by Gasteiger charge is -2.09. The topological polar surface area (TPSA) is 89.7 Å². The van der Waals surface area contributed by atoms with Gasteiger partial charge in [0.1, 0.15) is 17.1 Å². The monoisotopic (exact) mass is 291 g/mol. The number of nitro groups is 1. The van der Waals surface area contributed by atoms with E-state index in [9.17, 15) is 19.3 Å². The highest BCUT2D eigenvalue weighted by atomic mass is 19.1. The molecule has 0 bridgehead atoms. The van der Waals surface area contributed by atoms with Crippen molar-refractivity contribution in [3.8, 4) is 11.5 Å². The van der Waals surface area contributed by atoms with Crippen molar-refractivity contribution < 1.29 is 24.0 Å². The maximum atomic E-state index is 13.5. The normalized spacial score (nSPS) is 10.2. The van der Waals surface area contributed by atoms with Crippen molar-refractivity contribution in [2.45, 2.75) is 6.92 Å². The average molecular weight is 291 g/mol. The molecule has 1 N–H and O–H groups in total. The van der Waals surface area contributed by atoms with Crippen molar-refractivity contribution in [2.24, 2.45) is 0 Å². The summed E-state index contributed by atoms with van der Waals surface area (Å²) in [6, 6.07) is 7.46. The van der Waals surface area contributed by atoms with Crippen LogP contribution in [0.5, 0.6) is 11.5 Å². The van der Waals surface area contributed by atoms with Gasteiger partial charge in [-0.15, -0.1) is 0 Å². The van der Waals surface area contributed by atoms with E-state index in [1.165, 1.54) is 18.2 Å². The number of nitro benzene ring substituents is 1. The van der Waals surface area contributed by atoms with E-state index in [1.807, 2.05) is 0 Å². The molecule has 7 heteroatoms. The molecule has 2 rings (SSSR count). The molecule has 0 aliphatic rings. The molecule has 108 valence electrons. The Labute approximate surface area is 118 Å². The molecule has 0 aromatic heterocycles. The van der Waals surface area contributed by atoms with Crippen molar-refractivity contribution in [3.05, 3.63) is 63.5 Å². The molecule has 21 heavy (non-hydrogen) atoms. The predicted molar refractivity (Wildman–Crippen MR) is 71.3 cm³/mol. The number of hydrogen-bond acceptors (Lipinski definition) is 4. The zero-order chi connectivity index (χ0) is 15.6. The van der Waals surface area contributed by atoms with Crippen LogP contribution in [-0.2, 0) is 0 Å². The van der Waals surface area contributed by atoms with Gasteiger partial charge in [0.05, 0.1) is 4.92 Å². The van der Waals surface area contributed by atoms with Crippen LogP contribution in [0.15, 0.2) is 36.4 Å². The molecule has 0 heterocycles. The largest absolute Gasteiger partial charge is 0.478 e. The summed E-state index contributed by atoms with van der Waals surface area (Å²) >= 11 is 0. The Morgan fingerprint density at radius 1 is 1.29 bits per heavy atom. The third-order valence-corrected chi connectivity index (χ3v) is 2.71. The molecule has 0 fully saturated rings. The minimum absolute atomic E-state index is 0.0220. The van der Waals surface area contributed by atoms with E-state index in [1.54, 1.807) is 13.0 Å². The number of aromatic carboxylic acids is 1. The fraction of sp³-hybridized carbons (Fsp3) is 0.0714. The molecular weight excluding hydrogens is 281 g/mol. The first-order chi connectivity index (χ1) is 9.88. The van der Waals surface area contributed by atoms with E-state index in [0.717, 1.165) is 17.7 Å². The van der Waals surface area contributed by atoms with E-state index < -0.39 is 22.4 Å². The van der Waals surface area contributed by atoms with E-state index >= 15 is 0 Å². The standard InChI is InChI=1S/C14H10FNO5/c1-8-2-4-10(14(17)18)13(6-8)21-9-3-5-12(16(19)20)11(15)7-9/h2-7H,1H3,(H,17,18).